The number of hydrogen-bond donors (Lipinski definition) is 0. The van der Waals surface area contributed by atoms with Gasteiger partial charge >= 0.3 is 0 Å². The minimum atomic E-state index is -0.219. The van der Waals surface area contributed by atoms with Crippen molar-refractivity contribution in [3.8, 4) is 0 Å². The van der Waals surface area contributed by atoms with Crippen LogP contribution in [0.1, 0.15) is 18.5 Å². The molecule has 0 aliphatic carbocycles. The van der Waals surface area contributed by atoms with Crippen LogP contribution >= 0.6 is 0 Å². The molecule has 0 radical (unpaired) electrons. The van der Waals surface area contributed by atoms with Crippen LogP contribution in [0.5, 0.6) is 0 Å². The monoisotopic (exact) mass is 231 g/mol. The Morgan fingerprint density at radius 1 is 1.18 bits per heavy atom. The largest absolute Gasteiger partial charge is 0.352 e. The van der Waals surface area contributed by atoms with Crippen LogP contribution < -0.4 is 4.90 Å². The SMILES string of the molecule is CC(c1ccc(F)cc1)N(C)c1cnccn1. The number of halogens is 1. The van der Waals surface area contributed by atoms with Gasteiger partial charge in [-0.15, -0.1) is 0 Å². The molecule has 1 unspecified atom stereocenters. The molecule has 1 aromatic carbocycles. The van der Waals surface area contributed by atoms with Crippen LogP contribution in [0.2, 0.25) is 0 Å². The molecular formula is C13H14FN3. The molecule has 0 spiro atoms. The van der Waals surface area contributed by atoms with Gasteiger partial charge in [-0.3, -0.25) is 4.98 Å². The molecule has 17 heavy (non-hydrogen) atoms. The molecule has 2 rings (SSSR count). The van der Waals surface area contributed by atoms with Gasteiger partial charge in [-0.2, -0.15) is 0 Å². The number of nitrogens with zero attached hydrogens (tertiary/aromatic N) is 3. The first-order chi connectivity index (χ1) is 8.18. The molecular weight excluding hydrogens is 217 g/mol. The van der Waals surface area contributed by atoms with Crippen molar-refractivity contribution in [1.82, 2.24) is 9.97 Å². The van der Waals surface area contributed by atoms with Crippen molar-refractivity contribution in [2.45, 2.75) is 13.0 Å². The van der Waals surface area contributed by atoms with E-state index in [0.29, 0.717) is 0 Å². The fourth-order valence-electron chi connectivity index (χ4n) is 1.64. The number of rotatable bonds is 3. The summed E-state index contributed by atoms with van der Waals surface area (Å²) in [6.45, 7) is 2.04. The molecule has 2 aromatic rings. The van der Waals surface area contributed by atoms with Gasteiger partial charge in [-0.05, 0) is 24.6 Å². The first-order valence-electron chi connectivity index (χ1n) is 5.43. The van der Waals surface area contributed by atoms with Gasteiger partial charge in [0.05, 0.1) is 12.2 Å². The van der Waals surface area contributed by atoms with Crippen molar-refractivity contribution < 1.29 is 4.39 Å². The average molecular weight is 231 g/mol. The highest BCUT2D eigenvalue weighted by molar-refractivity contribution is 5.38. The Morgan fingerprint density at radius 2 is 1.88 bits per heavy atom. The summed E-state index contributed by atoms with van der Waals surface area (Å²) in [6.07, 6.45) is 5.00. The predicted molar refractivity (Wildman–Crippen MR) is 65.3 cm³/mol. The van der Waals surface area contributed by atoms with Gasteiger partial charge in [0.2, 0.25) is 0 Å². The minimum Gasteiger partial charge on any atom is -0.352 e. The topological polar surface area (TPSA) is 29.0 Å². The van der Waals surface area contributed by atoms with Crippen LogP contribution in [0.25, 0.3) is 0 Å². The van der Waals surface area contributed by atoms with Crippen LogP contribution in [-0.4, -0.2) is 17.0 Å². The third-order valence-electron chi connectivity index (χ3n) is 2.84. The standard InChI is InChI=1S/C13H14FN3/c1-10(11-3-5-12(14)6-4-11)17(2)13-9-15-7-8-16-13/h3-10H,1-2H3. The maximum atomic E-state index is 12.8. The zero-order chi connectivity index (χ0) is 12.3. The molecule has 88 valence electrons. The van der Waals surface area contributed by atoms with Gasteiger partial charge in [0.25, 0.3) is 0 Å². The van der Waals surface area contributed by atoms with Crippen molar-refractivity contribution in [3.05, 3.63) is 54.2 Å². The summed E-state index contributed by atoms with van der Waals surface area (Å²) in [5, 5.41) is 0. The lowest BCUT2D eigenvalue weighted by Gasteiger charge is -2.25. The lowest BCUT2D eigenvalue weighted by atomic mass is 10.1. The number of anilines is 1. The molecule has 1 heterocycles. The van der Waals surface area contributed by atoms with Crippen LogP contribution in [0.4, 0.5) is 10.2 Å². The molecule has 0 saturated carbocycles. The van der Waals surface area contributed by atoms with Crippen LogP contribution in [-0.2, 0) is 0 Å². The molecule has 0 amide bonds. The molecule has 1 aromatic heterocycles. The molecule has 1 atom stereocenters. The Kier molecular flexibility index (Phi) is 3.32. The van der Waals surface area contributed by atoms with Gasteiger partial charge < -0.3 is 4.90 Å². The Morgan fingerprint density at radius 3 is 2.47 bits per heavy atom. The van der Waals surface area contributed by atoms with Gasteiger partial charge in [-0.1, -0.05) is 12.1 Å². The second kappa shape index (κ2) is 4.91. The van der Waals surface area contributed by atoms with Gasteiger partial charge in [-0.25, -0.2) is 9.37 Å². The summed E-state index contributed by atoms with van der Waals surface area (Å²) in [6, 6.07) is 6.62. The van der Waals surface area contributed by atoms with E-state index >= 15 is 0 Å². The molecule has 0 bridgehead atoms. The van der Waals surface area contributed by atoms with Gasteiger partial charge in [0.15, 0.2) is 0 Å². The van der Waals surface area contributed by atoms with Gasteiger partial charge in [0, 0.05) is 19.4 Å². The first kappa shape index (κ1) is 11.5. The fourth-order valence-corrected chi connectivity index (χ4v) is 1.64. The average Bonchev–Trinajstić information content (AvgIpc) is 2.39. The summed E-state index contributed by atoms with van der Waals surface area (Å²) in [5.41, 5.74) is 1.04. The normalized spacial score (nSPS) is 12.2. The highest BCUT2D eigenvalue weighted by Gasteiger charge is 2.13. The number of aromatic nitrogens is 2. The van der Waals surface area contributed by atoms with Crippen LogP contribution in [0.3, 0.4) is 0 Å². The molecule has 0 N–H and O–H groups in total. The quantitative estimate of drug-likeness (QED) is 0.813. The number of hydrogen-bond acceptors (Lipinski definition) is 3. The van der Waals surface area contributed by atoms with E-state index in [4.69, 9.17) is 0 Å². The third-order valence-corrected chi connectivity index (χ3v) is 2.84. The molecule has 4 heteroatoms. The highest BCUT2D eigenvalue weighted by atomic mass is 19.1. The molecule has 0 aliphatic rings. The predicted octanol–water partition coefficient (Wildman–Crippen LogP) is 2.81. The van der Waals surface area contributed by atoms with E-state index in [9.17, 15) is 4.39 Å². The second-order valence-corrected chi connectivity index (χ2v) is 3.90. The van der Waals surface area contributed by atoms with Crippen molar-refractivity contribution in [2.24, 2.45) is 0 Å². The lowest BCUT2D eigenvalue weighted by Crippen LogP contribution is -2.22. The highest BCUT2D eigenvalue weighted by Crippen LogP contribution is 2.22. The van der Waals surface area contributed by atoms with Crippen molar-refractivity contribution in [1.29, 1.82) is 0 Å². The molecule has 0 aliphatic heterocycles. The van der Waals surface area contributed by atoms with Crippen LogP contribution in [0.15, 0.2) is 42.9 Å². The van der Waals surface area contributed by atoms with Crippen molar-refractivity contribution in [2.75, 3.05) is 11.9 Å². The summed E-state index contributed by atoms with van der Waals surface area (Å²) in [4.78, 5) is 10.3. The Hall–Kier alpha value is -1.97. The summed E-state index contributed by atoms with van der Waals surface area (Å²) in [5.74, 6) is 0.576. The van der Waals surface area contributed by atoms with E-state index in [1.807, 2.05) is 18.9 Å². The van der Waals surface area contributed by atoms with E-state index in [1.165, 1.54) is 12.1 Å². The van der Waals surface area contributed by atoms with E-state index in [2.05, 4.69) is 9.97 Å². The first-order valence-corrected chi connectivity index (χ1v) is 5.43. The molecule has 0 saturated heterocycles. The summed E-state index contributed by atoms with van der Waals surface area (Å²) < 4.78 is 12.8. The lowest BCUT2D eigenvalue weighted by molar-refractivity contribution is 0.625. The summed E-state index contributed by atoms with van der Waals surface area (Å²) in [7, 11) is 1.94. The Bertz CT molecular complexity index is 470. The minimum absolute atomic E-state index is 0.118. The van der Waals surface area contributed by atoms with Gasteiger partial charge in [0.1, 0.15) is 11.6 Å². The number of benzene rings is 1. The Balaban J connectivity index is 2.20. The molecule has 0 fully saturated rings. The maximum Gasteiger partial charge on any atom is 0.147 e. The molecule has 3 nitrogen and oxygen atoms in total. The zero-order valence-corrected chi connectivity index (χ0v) is 9.84. The van der Waals surface area contributed by atoms with Crippen molar-refractivity contribution >= 4 is 5.82 Å². The fraction of sp³-hybridized carbons (Fsp3) is 0.231. The van der Waals surface area contributed by atoms with Crippen molar-refractivity contribution in [3.63, 3.8) is 0 Å². The van der Waals surface area contributed by atoms with E-state index in [0.717, 1.165) is 11.4 Å². The smallest absolute Gasteiger partial charge is 0.147 e. The van der Waals surface area contributed by atoms with E-state index in [-0.39, 0.29) is 11.9 Å². The Labute approximate surface area is 99.9 Å². The van der Waals surface area contributed by atoms with E-state index < -0.39 is 0 Å². The third kappa shape index (κ3) is 2.58. The second-order valence-electron chi connectivity index (χ2n) is 3.90. The van der Waals surface area contributed by atoms with E-state index in [1.54, 1.807) is 30.7 Å². The maximum absolute atomic E-state index is 12.8. The summed E-state index contributed by atoms with van der Waals surface area (Å²) >= 11 is 0. The van der Waals surface area contributed by atoms with Crippen LogP contribution in [0, 0.1) is 5.82 Å². The zero-order valence-electron chi connectivity index (χ0n) is 9.84.